The van der Waals surface area contributed by atoms with Gasteiger partial charge in [-0.25, -0.2) is 9.59 Å². The third-order valence-electron chi connectivity index (χ3n) is 12.8. The van der Waals surface area contributed by atoms with E-state index in [1.165, 1.54) is 25.3 Å². The zero-order valence-electron chi connectivity index (χ0n) is 41.4. The standard InChI is InChI=1S/C63H57NO10/c1-68-52-30-28-49(29-31-52)40-70-53-32-26-44(27-33-53)34-51-38-64(37-45-16-7-3-8-17-45)39-58(51)74-62(66)50-35-56(72-42-47-20-11-5-12-21-47)60(57(36-50)73-43-48-22-13-6-14-23-48)61(65)59-54(63(67)69-2)24-15-25-55(59)71-41-46-18-9-4-10-19-46/h3-33,35-36,51,58H,34,37-43H2,1-2H3/t51-,58-/m1/s1. The molecule has 0 radical (unpaired) electrons. The van der Waals surface area contributed by atoms with Crippen molar-refractivity contribution in [1.82, 2.24) is 4.90 Å². The summed E-state index contributed by atoms with van der Waals surface area (Å²) in [7, 11) is 2.90. The van der Waals surface area contributed by atoms with Crippen molar-refractivity contribution in [3.05, 3.63) is 256 Å². The van der Waals surface area contributed by atoms with Gasteiger partial charge in [0.05, 0.1) is 30.9 Å². The van der Waals surface area contributed by atoms with Crippen molar-refractivity contribution in [2.45, 2.75) is 45.5 Å². The minimum Gasteiger partial charge on any atom is -0.497 e. The molecule has 74 heavy (non-hydrogen) atoms. The largest absolute Gasteiger partial charge is 0.497 e. The van der Waals surface area contributed by atoms with Crippen LogP contribution >= 0.6 is 0 Å². The molecule has 0 bridgehead atoms. The van der Waals surface area contributed by atoms with Crippen LogP contribution in [0, 0.1) is 5.92 Å². The topological polar surface area (TPSA) is 119 Å². The van der Waals surface area contributed by atoms with Crippen LogP contribution in [-0.2, 0) is 48.9 Å². The second-order valence-corrected chi connectivity index (χ2v) is 18.0. The summed E-state index contributed by atoms with van der Waals surface area (Å²) >= 11 is 0. The molecule has 0 aromatic heterocycles. The van der Waals surface area contributed by atoms with Gasteiger partial charge in [-0.2, -0.15) is 0 Å². The number of hydrogen-bond donors (Lipinski definition) is 0. The van der Waals surface area contributed by atoms with Crippen molar-refractivity contribution >= 4 is 17.7 Å². The quantitative estimate of drug-likeness (QED) is 0.0477. The Balaban J connectivity index is 1.05. The van der Waals surface area contributed by atoms with Crippen molar-refractivity contribution < 1.29 is 47.5 Å². The monoisotopic (exact) mass is 987 g/mol. The maximum absolute atomic E-state index is 15.5. The van der Waals surface area contributed by atoms with Crippen LogP contribution in [0.15, 0.2) is 200 Å². The van der Waals surface area contributed by atoms with Gasteiger partial charge in [0, 0.05) is 25.6 Å². The molecule has 11 heteroatoms. The van der Waals surface area contributed by atoms with Gasteiger partial charge in [0.1, 0.15) is 66.8 Å². The summed E-state index contributed by atoms with van der Waals surface area (Å²) in [4.78, 5) is 46.2. The molecular weight excluding hydrogens is 931 g/mol. The number of esters is 2. The van der Waals surface area contributed by atoms with Crippen LogP contribution in [0.1, 0.15) is 70.0 Å². The van der Waals surface area contributed by atoms with Crippen LogP contribution in [-0.4, -0.2) is 56.0 Å². The summed E-state index contributed by atoms with van der Waals surface area (Å²) in [5, 5.41) is 0. The maximum atomic E-state index is 15.5. The number of nitrogens with zero attached hydrogens (tertiary/aromatic N) is 1. The molecule has 1 fully saturated rings. The lowest BCUT2D eigenvalue weighted by Gasteiger charge is -2.22. The zero-order valence-corrected chi connectivity index (χ0v) is 41.4. The minimum atomic E-state index is -0.737. The molecule has 374 valence electrons. The highest BCUT2D eigenvalue weighted by atomic mass is 16.5. The molecule has 11 nitrogen and oxygen atoms in total. The van der Waals surface area contributed by atoms with Gasteiger partial charge in [-0.15, -0.1) is 0 Å². The SMILES string of the molecule is COC(=O)c1cccc(OCc2ccccc2)c1C(=O)c1c(OCc2ccccc2)cc(C(=O)O[C@@H]2CN(Cc3ccccc3)C[C@H]2Cc2ccc(OCc3ccc(OC)cc3)cc2)cc1OCc1ccccc1. The fourth-order valence-electron chi connectivity index (χ4n) is 9.00. The van der Waals surface area contributed by atoms with Crippen molar-refractivity contribution in [2.75, 3.05) is 27.3 Å². The Bertz CT molecular complexity index is 3050. The molecule has 0 aliphatic carbocycles. The number of methoxy groups -OCH3 is 2. The van der Waals surface area contributed by atoms with Gasteiger partial charge in [-0.3, -0.25) is 9.69 Å². The molecule has 0 amide bonds. The summed E-state index contributed by atoms with van der Waals surface area (Å²) in [6.45, 7) is 2.46. The van der Waals surface area contributed by atoms with Gasteiger partial charge in [0.15, 0.2) is 0 Å². The normalized spacial score (nSPS) is 14.1. The van der Waals surface area contributed by atoms with E-state index < -0.39 is 23.8 Å². The number of likely N-dealkylation sites (tertiary alicyclic amines) is 1. The number of benzene rings is 8. The lowest BCUT2D eigenvalue weighted by molar-refractivity contribution is 0.0230. The fraction of sp³-hybridized carbons (Fsp3) is 0.190. The van der Waals surface area contributed by atoms with E-state index >= 15 is 4.79 Å². The van der Waals surface area contributed by atoms with E-state index in [9.17, 15) is 9.59 Å². The molecule has 1 aliphatic heterocycles. The van der Waals surface area contributed by atoms with Crippen molar-refractivity contribution in [2.24, 2.45) is 5.92 Å². The first-order valence-corrected chi connectivity index (χ1v) is 24.6. The van der Waals surface area contributed by atoms with Gasteiger partial charge < -0.3 is 33.2 Å². The van der Waals surface area contributed by atoms with Crippen molar-refractivity contribution in [3.63, 3.8) is 0 Å². The molecule has 8 aromatic carbocycles. The molecule has 0 N–H and O–H groups in total. The molecule has 1 heterocycles. The van der Waals surface area contributed by atoms with Crippen LogP contribution in [0.25, 0.3) is 0 Å². The summed E-state index contributed by atoms with van der Waals surface area (Å²) < 4.78 is 42.6. The molecule has 1 aliphatic rings. The van der Waals surface area contributed by atoms with Crippen LogP contribution in [0.4, 0.5) is 0 Å². The van der Waals surface area contributed by atoms with Gasteiger partial charge in [0.2, 0.25) is 5.78 Å². The summed E-state index contributed by atoms with van der Waals surface area (Å²) in [5.41, 5.74) is 5.77. The fourth-order valence-corrected chi connectivity index (χ4v) is 9.00. The molecule has 0 saturated carbocycles. The first kappa shape index (κ1) is 50.3. The predicted molar refractivity (Wildman–Crippen MR) is 282 cm³/mol. The highest BCUT2D eigenvalue weighted by Gasteiger charge is 2.37. The smallest absolute Gasteiger partial charge is 0.338 e. The Hall–Kier alpha value is -8.67. The van der Waals surface area contributed by atoms with Gasteiger partial charge in [0.25, 0.3) is 0 Å². The summed E-state index contributed by atoms with van der Waals surface area (Å²) in [5.74, 6) is -0.274. The zero-order chi connectivity index (χ0) is 51.1. The molecule has 2 atom stereocenters. The Kier molecular flexibility index (Phi) is 16.7. The van der Waals surface area contributed by atoms with Crippen molar-refractivity contribution in [1.29, 1.82) is 0 Å². The second kappa shape index (κ2) is 24.6. The van der Waals surface area contributed by atoms with Crippen LogP contribution < -0.4 is 23.7 Å². The van der Waals surface area contributed by atoms with Gasteiger partial charge in [-0.05, 0) is 88.3 Å². The first-order chi connectivity index (χ1) is 36.3. The van der Waals surface area contributed by atoms with E-state index in [-0.39, 0.29) is 65.2 Å². The number of carbonyl (C=O) groups is 3. The molecule has 0 unspecified atom stereocenters. The van der Waals surface area contributed by atoms with Gasteiger partial charge >= 0.3 is 11.9 Å². The van der Waals surface area contributed by atoms with E-state index in [1.54, 1.807) is 19.2 Å². The van der Waals surface area contributed by atoms with Crippen LogP contribution in [0.5, 0.6) is 28.7 Å². The van der Waals surface area contributed by atoms with Crippen LogP contribution in [0.2, 0.25) is 0 Å². The van der Waals surface area contributed by atoms with E-state index in [0.717, 1.165) is 44.9 Å². The molecule has 9 rings (SSSR count). The number of ketones is 1. The third kappa shape index (κ3) is 13.0. The molecule has 8 aromatic rings. The summed E-state index contributed by atoms with van der Waals surface area (Å²) in [6, 6.07) is 62.4. The maximum Gasteiger partial charge on any atom is 0.338 e. The van der Waals surface area contributed by atoms with Gasteiger partial charge in [-0.1, -0.05) is 152 Å². The van der Waals surface area contributed by atoms with Crippen molar-refractivity contribution in [3.8, 4) is 28.7 Å². The number of carbonyl (C=O) groups excluding carboxylic acids is 3. The summed E-state index contributed by atoms with van der Waals surface area (Å²) in [6.07, 6.45) is 0.137. The Morgan fingerprint density at radius 1 is 0.459 bits per heavy atom. The Morgan fingerprint density at radius 3 is 1.49 bits per heavy atom. The van der Waals surface area contributed by atoms with E-state index in [2.05, 4.69) is 29.2 Å². The van der Waals surface area contributed by atoms with Crippen LogP contribution in [0.3, 0.4) is 0 Å². The lowest BCUT2D eigenvalue weighted by Crippen LogP contribution is -2.28. The number of ether oxygens (including phenoxy) is 7. The average molecular weight is 988 g/mol. The molecule has 1 saturated heterocycles. The van der Waals surface area contributed by atoms with E-state index in [0.29, 0.717) is 32.7 Å². The first-order valence-electron chi connectivity index (χ1n) is 24.6. The predicted octanol–water partition coefficient (Wildman–Crippen LogP) is 11.9. The molecule has 0 spiro atoms. The average Bonchev–Trinajstić information content (AvgIpc) is 3.82. The highest BCUT2D eigenvalue weighted by molar-refractivity contribution is 6.19. The minimum absolute atomic E-state index is 0.0152. The Morgan fingerprint density at radius 2 is 0.946 bits per heavy atom. The second-order valence-electron chi connectivity index (χ2n) is 18.0. The third-order valence-corrected chi connectivity index (χ3v) is 12.8. The number of hydrogen-bond acceptors (Lipinski definition) is 11. The highest BCUT2D eigenvalue weighted by Crippen LogP contribution is 2.39. The Labute approximate surface area is 431 Å². The molecular formula is C63H57NO10. The number of rotatable bonds is 22. The van der Waals surface area contributed by atoms with E-state index in [1.807, 2.05) is 146 Å². The lowest BCUT2D eigenvalue weighted by atomic mass is 9.94. The van der Waals surface area contributed by atoms with E-state index in [4.69, 9.17) is 33.2 Å².